The summed E-state index contributed by atoms with van der Waals surface area (Å²) < 4.78 is 7.43. The first kappa shape index (κ1) is 14.1. The van der Waals surface area contributed by atoms with Crippen molar-refractivity contribution in [1.82, 2.24) is 0 Å². The summed E-state index contributed by atoms with van der Waals surface area (Å²) in [4.78, 5) is 1.23. The van der Waals surface area contributed by atoms with E-state index in [1.165, 1.54) is 11.3 Å². The van der Waals surface area contributed by atoms with Crippen LogP contribution in [0.4, 0.5) is 0 Å². The second kappa shape index (κ2) is 5.14. The summed E-state index contributed by atoms with van der Waals surface area (Å²) in [5.74, 6) is 1.02. The lowest BCUT2D eigenvalue weighted by molar-refractivity contribution is -0.197. The van der Waals surface area contributed by atoms with Gasteiger partial charge in [-0.05, 0) is 47.7 Å². The van der Waals surface area contributed by atoms with E-state index in [0.29, 0.717) is 11.8 Å². The Hall–Kier alpha value is 0.1000. The van der Waals surface area contributed by atoms with E-state index in [1.807, 2.05) is 6.92 Å². The standard InChI is InChI=1S/C15H21BrO2S/c1-9-3-4-11-12(5-9)18-13(7-15(11,2)17)14-6-10(16)8-19-14/h6,8-9,11-13,17H,3-5,7H2,1-2H3. The minimum Gasteiger partial charge on any atom is -0.390 e. The van der Waals surface area contributed by atoms with Crippen molar-refractivity contribution in [1.29, 1.82) is 0 Å². The third kappa shape index (κ3) is 2.78. The molecular formula is C15H21BrO2S. The zero-order chi connectivity index (χ0) is 13.6. The summed E-state index contributed by atoms with van der Waals surface area (Å²) in [5, 5.41) is 12.9. The molecule has 1 aliphatic heterocycles. The predicted octanol–water partition coefficient (Wildman–Crippen LogP) is 4.53. The highest BCUT2D eigenvalue weighted by Crippen LogP contribution is 2.48. The van der Waals surface area contributed by atoms with Crippen LogP contribution in [0.3, 0.4) is 0 Å². The fraction of sp³-hybridized carbons (Fsp3) is 0.733. The summed E-state index contributed by atoms with van der Waals surface area (Å²) in [5.41, 5.74) is -0.593. The monoisotopic (exact) mass is 344 g/mol. The van der Waals surface area contributed by atoms with E-state index < -0.39 is 5.60 Å². The molecule has 1 aliphatic carbocycles. The van der Waals surface area contributed by atoms with Crippen LogP contribution < -0.4 is 0 Å². The van der Waals surface area contributed by atoms with Gasteiger partial charge < -0.3 is 9.84 Å². The minimum atomic E-state index is -0.593. The van der Waals surface area contributed by atoms with Crippen LogP contribution in [0.1, 0.15) is 50.5 Å². The molecule has 1 saturated heterocycles. The Labute approximate surface area is 127 Å². The highest BCUT2D eigenvalue weighted by atomic mass is 79.9. The molecule has 1 aromatic heterocycles. The molecule has 4 heteroatoms. The van der Waals surface area contributed by atoms with Crippen LogP contribution in [-0.2, 0) is 4.74 Å². The number of hydrogen-bond acceptors (Lipinski definition) is 3. The van der Waals surface area contributed by atoms with Crippen LogP contribution in [-0.4, -0.2) is 16.8 Å². The Balaban J connectivity index is 1.82. The molecule has 0 spiro atoms. The Morgan fingerprint density at radius 3 is 2.95 bits per heavy atom. The first-order valence-corrected chi connectivity index (χ1v) is 8.75. The maximum Gasteiger partial charge on any atom is 0.0948 e. The smallest absolute Gasteiger partial charge is 0.0948 e. The number of aliphatic hydroxyl groups is 1. The van der Waals surface area contributed by atoms with Crippen molar-refractivity contribution in [3.05, 3.63) is 20.8 Å². The zero-order valence-corrected chi connectivity index (χ0v) is 13.8. The second-order valence-electron chi connectivity index (χ2n) is 6.42. The van der Waals surface area contributed by atoms with Crippen LogP contribution in [0.2, 0.25) is 0 Å². The van der Waals surface area contributed by atoms with Gasteiger partial charge in [0.25, 0.3) is 0 Å². The molecule has 2 aliphatic rings. The van der Waals surface area contributed by atoms with Gasteiger partial charge in [-0.15, -0.1) is 11.3 Å². The Kier molecular flexibility index (Phi) is 3.80. The average molecular weight is 345 g/mol. The predicted molar refractivity (Wildman–Crippen MR) is 81.4 cm³/mol. The van der Waals surface area contributed by atoms with Gasteiger partial charge in [0.15, 0.2) is 0 Å². The van der Waals surface area contributed by atoms with E-state index >= 15 is 0 Å². The SMILES string of the molecule is CC1CCC2C(C1)OC(c1cc(Br)cs1)CC2(C)O. The molecule has 0 radical (unpaired) electrons. The zero-order valence-electron chi connectivity index (χ0n) is 11.4. The average Bonchev–Trinajstić information content (AvgIpc) is 2.74. The molecule has 3 rings (SSSR count). The molecule has 1 N–H and O–H groups in total. The molecule has 5 unspecified atom stereocenters. The van der Waals surface area contributed by atoms with E-state index in [1.54, 1.807) is 11.3 Å². The maximum atomic E-state index is 10.8. The minimum absolute atomic E-state index is 0.0536. The van der Waals surface area contributed by atoms with Crippen LogP contribution >= 0.6 is 27.3 Å². The molecule has 1 saturated carbocycles. The lowest BCUT2D eigenvalue weighted by Gasteiger charge is -2.49. The van der Waals surface area contributed by atoms with Gasteiger partial charge >= 0.3 is 0 Å². The van der Waals surface area contributed by atoms with Gasteiger partial charge in [-0.2, -0.15) is 0 Å². The summed E-state index contributed by atoms with van der Waals surface area (Å²) in [6.45, 7) is 4.29. The van der Waals surface area contributed by atoms with Crippen LogP contribution in [0.25, 0.3) is 0 Å². The summed E-state index contributed by atoms with van der Waals surface area (Å²) in [6.07, 6.45) is 4.39. The van der Waals surface area contributed by atoms with Crippen molar-refractivity contribution in [2.45, 2.75) is 57.3 Å². The van der Waals surface area contributed by atoms with Gasteiger partial charge in [0.05, 0.1) is 17.8 Å². The fourth-order valence-corrected chi connectivity index (χ4v) is 5.12. The van der Waals surface area contributed by atoms with Gasteiger partial charge in [0.1, 0.15) is 0 Å². The molecule has 2 heterocycles. The topological polar surface area (TPSA) is 29.5 Å². The van der Waals surface area contributed by atoms with Crippen LogP contribution in [0, 0.1) is 11.8 Å². The van der Waals surface area contributed by atoms with Gasteiger partial charge in [-0.25, -0.2) is 0 Å². The van der Waals surface area contributed by atoms with E-state index in [4.69, 9.17) is 4.74 Å². The van der Waals surface area contributed by atoms with E-state index in [9.17, 15) is 5.11 Å². The third-order valence-corrected chi connectivity index (χ3v) is 6.48. The van der Waals surface area contributed by atoms with Crippen LogP contribution in [0.5, 0.6) is 0 Å². The number of fused-ring (bicyclic) bond motifs is 1. The van der Waals surface area contributed by atoms with E-state index in [2.05, 4.69) is 34.3 Å². The molecule has 0 amide bonds. The van der Waals surface area contributed by atoms with Gasteiger partial charge in [0.2, 0.25) is 0 Å². The molecule has 19 heavy (non-hydrogen) atoms. The maximum absolute atomic E-state index is 10.8. The Bertz CT molecular complexity index is 457. The first-order valence-electron chi connectivity index (χ1n) is 7.07. The third-order valence-electron chi connectivity index (χ3n) is 4.70. The highest BCUT2D eigenvalue weighted by molar-refractivity contribution is 9.10. The normalized spacial score (nSPS) is 42.9. The lowest BCUT2D eigenvalue weighted by atomic mass is 9.69. The second-order valence-corrected chi connectivity index (χ2v) is 8.27. The highest BCUT2D eigenvalue weighted by Gasteiger charge is 2.47. The largest absolute Gasteiger partial charge is 0.390 e. The van der Waals surface area contributed by atoms with E-state index in [-0.39, 0.29) is 12.2 Å². The van der Waals surface area contributed by atoms with Crippen molar-refractivity contribution >= 4 is 27.3 Å². The van der Waals surface area contributed by atoms with Gasteiger partial charge in [0, 0.05) is 27.1 Å². The number of rotatable bonds is 1. The fourth-order valence-electron chi connectivity index (χ4n) is 3.64. The summed E-state index contributed by atoms with van der Waals surface area (Å²) in [7, 11) is 0. The van der Waals surface area contributed by atoms with Gasteiger partial charge in [-0.1, -0.05) is 13.3 Å². The molecule has 106 valence electrons. The lowest BCUT2D eigenvalue weighted by Crippen LogP contribution is -2.51. The molecule has 2 nitrogen and oxygen atoms in total. The molecule has 2 fully saturated rings. The molecule has 0 aromatic carbocycles. The van der Waals surface area contributed by atoms with Crippen LogP contribution in [0.15, 0.2) is 15.9 Å². The van der Waals surface area contributed by atoms with Crippen molar-refractivity contribution in [3.63, 3.8) is 0 Å². The van der Waals surface area contributed by atoms with Crippen molar-refractivity contribution in [2.24, 2.45) is 11.8 Å². The van der Waals surface area contributed by atoms with Crippen molar-refractivity contribution in [3.8, 4) is 0 Å². The van der Waals surface area contributed by atoms with E-state index in [0.717, 1.165) is 23.7 Å². The first-order chi connectivity index (χ1) is 8.95. The molecular weight excluding hydrogens is 324 g/mol. The number of halogens is 1. The summed E-state index contributed by atoms with van der Waals surface area (Å²) >= 11 is 5.21. The molecule has 1 aromatic rings. The van der Waals surface area contributed by atoms with Gasteiger partial charge in [-0.3, -0.25) is 0 Å². The van der Waals surface area contributed by atoms with Crippen molar-refractivity contribution < 1.29 is 9.84 Å². The van der Waals surface area contributed by atoms with Crippen molar-refractivity contribution in [2.75, 3.05) is 0 Å². The summed E-state index contributed by atoms with van der Waals surface area (Å²) in [6, 6.07) is 2.12. The number of thiophene rings is 1. The quantitative estimate of drug-likeness (QED) is 0.810. The Morgan fingerprint density at radius 1 is 1.47 bits per heavy atom. The molecule has 0 bridgehead atoms. The Morgan fingerprint density at radius 2 is 2.26 bits per heavy atom. The molecule has 5 atom stereocenters. The number of ether oxygens (including phenoxy) is 1. The number of hydrogen-bond donors (Lipinski definition) is 1.